The van der Waals surface area contributed by atoms with Crippen molar-refractivity contribution in [3.8, 4) is 5.75 Å². The van der Waals surface area contributed by atoms with Gasteiger partial charge in [-0.3, -0.25) is 15.0 Å². The first kappa shape index (κ1) is 16.9. The van der Waals surface area contributed by atoms with Crippen molar-refractivity contribution in [2.45, 2.75) is 11.4 Å². The summed E-state index contributed by atoms with van der Waals surface area (Å²) < 4.78 is 26.2. The van der Waals surface area contributed by atoms with Crippen molar-refractivity contribution in [3.63, 3.8) is 0 Å². The third-order valence-corrected chi connectivity index (χ3v) is 4.81. The number of carbonyl (C=O) groups is 1. The lowest BCUT2D eigenvalue weighted by molar-refractivity contribution is -0.129. The van der Waals surface area contributed by atoms with E-state index < -0.39 is 22.5 Å². The summed E-state index contributed by atoms with van der Waals surface area (Å²) in [4.78, 5) is 15.2. The Hall–Kier alpha value is -2.49. The molecule has 1 aromatic carbocycles. The number of nitrogens with one attached hydrogen (secondary N) is 1. The summed E-state index contributed by atoms with van der Waals surface area (Å²) in [7, 11) is -4.00. The Morgan fingerprint density at radius 1 is 1.22 bits per heavy atom. The Morgan fingerprint density at radius 3 is 2.48 bits per heavy atom. The first-order valence-electron chi connectivity index (χ1n) is 6.54. The summed E-state index contributed by atoms with van der Waals surface area (Å²) in [5.41, 5.74) is 2.00. The van der Waals surface area contributed by atoms with Gasteiger partial charge in [0, 0.05) is 18.9 Å². The van der Waals surface area contributed by atoms with Crippen LogP contribution in [0.25, 0.3) is 0 Å². The van der Waals surface area contributed by atoms with Crippen LogP contribution < -0.4 is 5.48 Å². The molecule has 8 nitrogen and oxygen atoms in total. The van der Waals surface area contributed by atoms with Crippen LogP contribution in [0.4, 0.5) is 0 Å². The lowest BCUT2D eigenvalue weighted by atomic mass is 10.3. The molecule has 0 saturated carbocycles. The van der Waals surface area contributed by atoms with Gasteiger partial charge in [0.15, 0.2) is 0 Å². The van der Waals surface area contributed by atoms with Crippen LogP contribution in [-0.2, 0) is 21.4 Å². The van der Waals surface area contributed by atoms with Crippen molar-refractivity contribution < 1.29 is 23.5 Å². The van der Waals surface area contributed by atoms with E-state index in [1.54, 1.807) is 18.3 Å². The number of pyridine rings is 1. The van der Waals surface area contributed by atoms with Crippen molar-refractivity contribution in [2.75, 3.05) is 6.54 Å². The third kappa shape index (κ3) is 4.25. The predicted octanol–water partition coefficient (Wildman–Crippen LogP) is 0.483. The zero-order valence-corrected chi connectivity index (χ0v) is 12.8. The highest BCUT2D eigenvalue weighted by molar-refractivity contribution is 7.89. The molecule has 0 unspecified atom stereocenters. The van der Waals surface area contributed by atoms with Gasteiger partial charge in [0.05, 0.1) is 11.4 Å². The monoisotopic (exact) mass is 337 g/mol. The number of phenolic OH excluding ortho intramolecular Hbond substituents is 1. The molecule has 0 aliphatic carbocycles. The van der Waals surface area contributed by atoms with Gasteiger partial charge in [0.2, 0.25) is 10.0 Å². The van der Waals surface area contributed by atoms with Crippen molar-refractivity contribution in [2.24, 2.45) is 0 Å². The Kier molecular flexibility index (Phi) is 5.27. The molecule has 0 fully saturated rings. The molecule has 0 aliphatic rings. The van der Waals surface area contributed by atoms with E-state index in [4.69, 9.17) is 5.21 Å². The Bertz CT molecular complexity index is 763. The first-order valence-corrected chi connectivity index (χ1v) is 7.98. The van der Waals surface area contributed by atoms with E-state index in [1.165, 1.54) is 35.9 Å². The average Bonchev–Trinajstić information content (AvgIpc) is 2.55. The van der Waals surface area contributed by atoms with E-state index in [2.05, 4.69) is 4.98 Å². The number of sulfonamides is 1. The summed E-state index contributed by atoms with van der Waals surface area (Å²) in [5.74, 6) is -0.938. The van der Waals surface area contributed by atoms with Crippen LogP contribution >= 0.6 is 0 Å². The molecular weight excluding hydrogens is 322 g/mol. The van der Waals surface area contributed by atoms with Crippen LogP contribution in [0.15, 0.2) is 53.7 Å². The predicted molar refractivity (Wildman–Crippen MR) is 79.9 cm³/mol. The van der Waals surface area contributed by atoms with E-state index in [9.17, 15) is 18.3 Å². The lowest BCUT2D eigenvalue weighted by Gasteiger charge is -2.21. The third-order valence-electron chi connectivity index (χ3n) is 3.00. The van der Waals surface area contributed by atoms with Gasteiger partial charge < -0.3 is 5.11 Å². The van der Waals surface area contributed by atoms with Crippen molar-refractivity contribution in [3.05, 3.63) is 54.4 Å². The van der Waals surface area contributed by atoms with Crippen LogP contribution in [-0.4, -0.2) is 40.5 Å². The van der Waals surface area contributed by atoms with Crippen LogP contribution in [0.3, 0.4) is 0 Å². The standard InChI is InChI=1S/C14H15N3O5S/c18-12-3-5-13(6-4-12)23(21,22)17(10-14(19)16-20)9-11-2-1-7-15-8-11/h1-8,18,20H,9-10H2,(H,16,19). The van der Waals surface area contributed by atoms with Gasteiger partial charge in [-0.05, 0) is 35.9 Å². The highest BCUT2D eigenvalue weighted by Gasteiger charge is 2.26. The molecule has 3 N–H and O–H groups in total. The molecule has 2 aromatic rings. The van der Waals surface area contributed by atoms with E-state index in [0.717, 1.165) is 4.31 Å². The molecule has 23 heavy (non-hydrogen) atoms. The van der Waals surface area contributed by atoms with Gasteiger partial charge >= 0.3 is 0 Å². The van der Waals surface area contributed by atoms with Crippen LogP contribution in [0.1, 0.15) is 5.56 Å². The molecule has 0 saturated heterocycles. The topological polar surface area (TPSA) is 120 Å². The maximum atomic E-state index is 12.7. The number of aromatic hydroxyl groups is 1. The number of hydroxylamine groups is 1. The zero-order valence-electron chi connectivity index (χ0n) is 12.0. The van der Waals surface area contributed by atoms with E-state index in [1.807, 2.05) is 0 Å². The highest BCUT2D eigenvalue weighted by Crippen LogP contribution is 2.20. The van der Waals surface area contributed by atoms with E-state index >= 15 is 0 Å². The van der Waals surface area contributed by atoms with Gasteiger partial charge in [0.1, 0.15) is 5.75 Å². The number of phenols is 1. The normalized spacial score (nSPS) is 11.4. The maximum absolute atomic E-state index is 12.7. The summed E-state index contributed by atoms with van der Waals surface area (Å²) in [6, 6.07) is 8.26. The quantitative estimate of drug-likeness (QED) is 0.521. The first-order chi connectivity index (χ1) is 10.9. The van der Waals surface area contributed by atoms with Gasteiger partial charge in [-0.15, -0.1) is 0 Å². The second kappa shape index (κ2) is 7.18. The molecule has 0 radical (unpaired) electrons. The number of hydrogen-bond acceptors (Lipinski definition) is 6. The molecule has 1 amide bonds. The van der Waals surface area contributed by atoms with Crippen LogP contribution in [0, 0.1) is 0 Å². The summed E-state index contributed by atoms with van der Waals surface area (Å²) in [5, 5.41) is 17.9. The molecule has 122 valence electrons. The van der Waals surface area contributed by atoms with Crippen molar-refractivity contribution in [1.82, 2.24) is 14.8 Å². The molecule has 0 spiro atoms. The second-order valence-electron chi connectivity index (χ2n) is 4.66. The molecule has 9 heteroatoms. The average molecular weight is 337 g/mol. The minimum absolute atomic E-state index is 0.0733. The van der Waals surface area contributed by atoms with Gasteiger partial charge in [0.25, 0.3) is 5.91 Å². The van der Waals surface area contributed by atoms with Crippen LogP contribution in [0.5, 0.6) is 5.75 Å². The highest BCUT2D eigenvalue weighted by atomic mass is 32.2. The number of hydrogen-bond donors (Lipinski definition) is 3. The number of carbonyl (C=O) groups excluding carboxylic acids is 1. The molecule has 2 rings (SSSR count). The lowest BCUT2D eigenvalue weighted by Crippen LogP contribution is -2.39. The van der Waals surface area contributed by atoms with Gasteiger partial charge in [-0.25, -0.2) is 13.9 Å². The molecule has 0 bridgehead atoms. The molecular formula is C14H15N3O5S. The van der Waals surface area contributed by atoms with Crippen molar-refractivity contribution in [1.29, 1.82) is 0 Å². The van der Waals surface area contributed by atoms with E-state index in [-0.39, 0.29) is 17.2 Å². The molecule has 1 aromatic heterocycles. The molecule has 0 aliphatic heterocycles. The summed E-state index contributed by atoms with van der Waals surface area (Å²) in [6.45, 7) is -0.654. The largest absolute Gasteiger partial charge is 0.508 e. The molecule has 1 heterocycles. The summed E-state index contributed by atoms with van der Waals surface area (Å²) in [6.07, 6.45) is 3.03. The smallest absolute Gasteiger partial charge is 0.258 e. The maximum Gasteiger partial charge on any atom is 0.258 e. The fourth-order valence-corrected chi connectivity index (χ4v) is 3.27. The zero-order chi connectivity index (χ0) is 16.9. The Morgan fingerprint density at radius 2 is 1.91 bits per heavy atom. The van der Waals surface area contributed by atoms with Crippen LogP contribution in [0.2, 0.25) is 0 Å². The fraction of sp³-hybridized carbons (Fsp3) is 0.143. The minimum Gasteiger partial charge on any atom is -0.508 e. The second-order valence-corrected chi connectivity index (χ2v) is 6.60. The number of aromatic nitrogens is 1. The van der Waals surface area contributed by atoms with Gasteiger partial charge in [-0.1, -0.05) is 6.07 Å². The molecule has 0 atom stereocenters. The number of rotatable bonds is 6. The number of nitrogens with zero attached hydrogens (tertiary/aromatic N) is 2. The minimum atomic E-state index is -4.00. The Labute approximate surface area is 133 Å². The van der Waals surface area contributed by atoms with E-state index in [0.29, 0.717) is 5.56 Å². The van der Waals surface area contributed by atoms with Crippen molar-refractivity contribution >= 4 is 15.9 Å². The van der Waals surface area contributed by atoms with Gasteiger partial charge in [-0.2, -0.15) is 4.31 Å². The SMILES string of the molecule is O=C(CN(Cc1cccnc1)S(=O)(=O)c1ccc(O)cc1)NO. The Balaban J connectivity index is 2.35. The number of amides is 1. The summed E-state index contributed by atoms with van der Waals surface area (Å²) >= 11 is 0. The fourth-order valence-electron chi connectivity index (χ4n) is 1.88. The number of benzene rings is 1.